The maximum atomic E-state index is 12.4. The van der Waals surface area contributed by atoms with Gasteiger partial charge in [-0.2, -0.15) is 5.10 Å². The standard InChI is InChI=1S/C19H26N4O3/c1-12-15(13(2)26-21-12)8-18(25)22-9-14(10-22)11-23-17(24)7-6-16(20-23)19(3,4)5/h6-7,14H,8-11H2,1-5H3. The Kier molecular flexibility index (Phi) is 4.73. The number of carbonyl (C=O) groups excluding carboxylic acids is 1. The zero-order chi connectivity index (χ0) is 19.1. The highest BCUT2D eigenvalue weighted by molar-refractivity contribution is 5.80. The molecule has 3 rings (SSSR count). The molecule has 1 aliphatic rings. The van der Waals surface area contributed by atoms with Crippen molar-refractivity contribution < 1.29 is 9.32 Å². The van der Waals surface area contributed by atoms with Gasteiger partial charge >= 0.3 is 0 Å². The summed E-state index contributed by atoms with van der Waals surface area (Å²) in [6.07, 6.45) is 0.311. The molecule has 7 heteroatoms. The van der Waals surface area contributed by atoms with Crippen molar-refractivity contribution >= 4 is 5.91 Å². The summed E-state index contributed by atoms with van der Waals surface area (Å²) >= 11 is 0. The Labute approximate surface area is 153 Å². The van der Waals surface area contributed by atoms with Crippen LogP contribution in [0.25, 0.3) is 0 Å². The number of nitrogens with zero attached hydrogens (tertiary/aromatic N) is 4. The molecule has 26 heavy (non-hydrogen) atoms. The molecule has 0 atom stereocenters. The fraction of sp³-hybridized carbons (Fsp3) is 0.579. The van der Waals surface area contributed by atoms with E-state index in [4.69, 9.17) is 4.52 Å². The molecule has 0 bridgehead atoms. The van der Waals surface area contributed by atoms with Gasteiger partial charge in [0, 0.05) is 36.1 Å². The van der Waals surface area contributed by atoms with E-state index >= 15 is 0 Å². The number of likely N-dealkylation sites (tertiary alicyclic amines) is 1. The molecule has 1 saturated heterocycles. The Morgan fingerprint density at radius 1 is 1.27 bits per heavy atom. The summed E-state index contributed by atoms with van der Waals surface area (Å²) < 4.78 is 6.64. The average molecular weight is 358 g/mol. The van der Waals surface area contributed by atoms with E-state index in [1.54, 1.807) is 12.1 Å². The molecule has 2 aromatic heterocycles. The lowest BCUT2D eigenvalue weighted by atomic mass is 9.92. The smallest absolute Gasteiger partial charge is 0.266 e. The number of carbonyl (C=O) groups is 1. The fourth-order valence-corrected chi connectivity index (χ4v) is 3.13. The second-order valence-electron chi connectivity index (χ2n) is 8.13. The van der Waals surface area contributed by atoms with Crippen molar-refractivity contribution in [3.8, 4) is 0 Å². The molecule has 0 radical (unpaired) electrons. The molecule has 0 N–H and O–H groups in total. The van der Waals surface area contributed by atoms with Gasteiger partial charge in [-0.05, 0) is 19.9 Å². The van der Waals surface area contributed by atoms with Crippen LogP contribution in [0.5, 0.6) is 0 Å². The molecule has 0 saturated carbocycles. The number of hydrogen-bond donors (Lipinski definition) is 0. The summed E-state index contributed by atoms with van der Waals surface area (Å²) in [5.74, 6) is 1.02. The monoisotopic (exact) mass is 358 g/mol. The summed E-state index contributed by atoms with van der Waals surface area (Å²) in [7, 11) is 0. The lowest BCUT2D eigenvalue weighted by Crippen LogP contribution is -2.52. The van der Waals surface area contributed by atoms with E-state index in [0.717, 1.165) is 17.0 Å². The first-order valence-electron chi connectivity index (χ1n) is 8.93. The van der Waals surface area contributed by atoms with Crippen molar-refractivity contribution in [2.75, 3.05) is 13.1 Å². The summed E-state index contributed by atoms with van der Waals surface area (Å²) in [4.78, 5) is 26.3. The van der Waals surface area contributed by atoms with E-state index in [2.05, 4.69) is 31.0 Å². The molecule has 0 spiro atoms. The number of aromatic nitrogens is 3. The molecule has 140 valence electrons. The zero-order valence-corrected chi connectivity index (χ0v) is 16.1. The maximum Gasteiger partial charge on any atom is 0.266 e. The van der Waals surface area contributed by atoms with Crippen LogP contribution in [0.4, 0.5) is 0 Å². The molecular weight excluding hydrogens is 332 g/mol. The zero-order valence-electron chi connectivity index (χ0n) is 16.1. The first kappa shape index (κ1) is 18.4. The van der Waals surface area contributed by atoms with Gasteiger partial charge in [-0.25, -0.2) is 4.68 Å². The van der Waals surface area contributed by atoms with Crippen LogP contribution in [0.3, 0.4) is 0 Å². The number of hydrogen-bond acceptors (Lipinski definition) is 5. The van der Waals surface area contributed by atoms with E-state index in [9.17, 15) is 9.59 Å². The van der Waals surface area contributed by atoms with Gasteiger partial charge in [0.15, 0.2) is 0 Å². The van der Waals surface area contributed by atoms with Crippen molar-refractivity contribution in [1.82, 2.24) is 19.8 Å². The minimum Gasteiger partial charge on any atom is -0.361 e. The molecule has 0 aliphatic carbocycles. The largest absolute Gasteiger partial charge is 0.361 e. The third-order valence-electron chi connectivity index (χ3n) is 4.89. The van der Waals surface area contributed by atoms with Crippen LogP contribution < -0.4 is 5.56 Å². The van der Waals surface area contributed by atoms with Crippen LogP contribution in [0, 0.1) is 19.8 Å². The lowest BCUT2D eigenvalue weighted by molar-refractivity contribution is -0.137. The Morgan fingerprint density at radius 3 is 2.54 bits per heavy atom. The topological polar surface area (TPSA) is 81.2 Å². The Balaban J connectivity index is 1.59. The number of rotatable bonds is 4. The SMILES string of the molecule is Cc1noc(C)c1CC(=O)N1CC(Cn2nc(C(C)(C)C)ccc2=O)C1. The highest BCUT2D eigenvalue weighted by Crippen LogP contribution is 2.22. The Hall–Kier alpha value is -2.44. The molecule has 1 amide bonds. The maximum absolute atomic E-state index is 12.4. The number of amides is 1. The van der Waals surface area contributed by atoms with Gasteiger partial charge in [-0.15, -0.1) is 0 Å². The van der Waals surface area contributed by atoms with Crippen LogP contribution in [0.15, 0.2) is 21.5 Å². The van der Waals surface area contributed by atoms with Gasteiger partial charge < -0.3 is 9.42 Å². The molecular formula is C19H26N4O3. The summed E-state index contributed by atoms with van der Waals surface area (Å²) in [6, 6.07) is 3.37. The highest BCUT2D eigenvalue weighted by Gasteiger charge is 2.32. The van der Waals surface area contributed by atoms with Gasteiger partial charge in [0.05, 0.1) is 24.4 Å². The van der Waals surface area contributed by atoms with E-state index in [1.807, 2.05) is 18.7 Å². The minimum atomic E-state index is -0.106. The van der Waals surface area contributed by atoms with Crippen LogP contribution in [0.1, 0.15) is 43.5 Å². The molecule has 1 aliphatic heterocycles. The second kappa shape index (κ2) is 6.70. The fourth-order valence-electron chi connectivity index (χ4n) is 3.13. The summed E-state index contributed by atoms with van der Waals surface area (Å²) in [6.45, 7) is 11.7. The second-order valence-corrected chi connectivity index (χ2v) is 8.13. The first-order valence-corrected chi connectivity index (χ1v) is 8.93. The van der Waals surface area contributed by atoms with Crippen molar-refractivity contribution in [3.63, 3.8) is 0 Å². The van der Waals surface area contributed by atoms with Gasteiger partial charge in [0.2, 0.25) is 5.91 Å². The van der Waals surface area contributed by atoms with Gasteiger partial charge in [-0.3, -0.25) is 9.59 Å². The van der Waals surface area contributed by atoms with Crippen LogP contribution in [0.2, 0.25) is 0 Å². The lowest BCUT2D eigenvalue weighted by Gasteiger charge is -2.39. The van der Waals surface area contributed by atoms with Crippen molar-refractivity contribution in [2.45, 2.75) is 53.0 Å². The first-order chi connectivity index (χ1) is 12.1. The molecule has 7 nitrogen and oxygen atoms in total. The van der Waals surface area contributed by atoms with Crippen molar-refractivity contribution in [2.24, 2.45) is 5.92 Å². The normalized spacial score (nSPS) is 15.2. The quantitative estimate of drug-likeness (QED) is 0.833. The van der Waals surface area contributed by atoms with E-state index in [0.29, 0.717) is 31.8 Å². The predicted molar refractivity (Wildman–Crippen MR) is 96.9 cm³/mol. The Bertz CT molecular complexity index is 850. The molecule has 0 unspecified atom stereocenters. The van der Waals surface area contributed by atoms with Gasteiger partial charge in [0.25, 0.3) is 5.56 Å². The molecule has 1 fully saturated rings. The van der Waals surface area contributed by atoms with Gasteiger partial charge in [-0.1, -0.05) is 25.9 Å². The molecule has 3 heterocycles. The average Bonchev–Trinajstić information content (AvgIpc) is 2.82. The molecule has 0 aromatic carbocycles. The summed E-state index contributed by atoms with van der Waals surface area (Å²) in [5.41, 5.74) is 2.32. The van der Waals surface area contributed by atoms with Crippen molar-refractivity contribution in [3.05, 3.63) is 45.2 Å². The van der Waals surface area contributed by atoms with E-state index < -0.39 is 0 Å². The minimum absolute atomic E-state index is 0.0689. The molecule has 2 aromatic rings. The van der Waals surface area contributed by atoms with E-state index in [1.165, 1.54) is 4.68 Å². The third-order valence-corrected chi connectivity index (χ3v) is 4.89. The van der Waals surface area contributed by atoms with Crippen LogP contribution in [-0.4, -0.2) is 38.8 Å². The Morgan fingerprint density at radius 2 is 1.96 bits per heavy atom. The predicted octanol–water partition coefficient (Wildman–Crippen LogP) is 1.85. The van der Waals surface area contributed by atoms with Crippen LogP contribution >= 0.6 is 0 Å². The third kappa shape index (κ3) is 3.71. The van der Waals surface area contributed by atoms with E-state index in [-0.39, 0.29) is 22.8 Å². The highest BCUT2D eigenvalue weighted by atomic mass is 16.5. The summed E-state index contributed by atoms with van der Waals surface area (Å²) in [5, 5.41) is 8.39. The van der Waals surface area contributed by atoms with Gasteiger partial charge in [0.1, 0.15) is 5.76 Å². The van der Waals surface area contributed by atoms with Crippen LogP contribution in [-0.2, 0) is 23.2 Å². The number of aryl methyl sites for hydroxylation is 2. The van der Waals surface area contributed by atoms with Crippen molar-refractivity contribution in [1.29, 1.82) is 0 Å².